The van der Waals surface area contributed by atoms with Crippen molar-refractivity contribution in [3.63, 3.8) is 0 Å². The number of aliphatic carboxylic acids is 2. The number of nitrogens with one attached hydrogen (secondary N) is 1. The van der Waals surface area contributed by atoms with Gasteiger partial charge in [0.15, 0.2) is 0 Å². The number of piperidine rings is 1. The second kappa shape index (κ2) is 6.48. The predicted octanol–water partition coefficient (Wildman–Crippen LogP) is 1.33. The molecule has 0 aliphatic carbocycles. The van der Waals surface area contributed by atoms with Crippen molar-refractivity contribution in [2.75, 3.05) is 6.54 Å². The van der Waals surface area contributed by atoms with Gasteiger partial charge in [0, 0.05) is 6.04 Å². The lowest BCUT2D eigenvalue weighted by molar-refractivity contribution is -0.159. The minimum atomic E-state index is -1.82. The molecule has 0 amide bonds. The third kappa shape index (κ3) is 6.40. The summed E-state index contributed by atoms with van der Waals surface area (Å²) in [4.78, 5) is 18.2. The van der Waals surface area contributed by atoms with Crippen LogP contribution in [0.5, 0.6) is 0 Å². The van der Waals surface area contributed by atoms with Crippen molar-refractivity contribution >= 4 is 11.9 Å². The Morgan fingerprint density at radius 2 is 1.62 bits per heavy atom. The zero-order valence-electron chi connectivity index (χ0n) is 10.1. The maximum atomic E-state index is 9.10. The van der Waals surface area contributed by atoms with Crippen LogP contribution in [-0.4, -0.2) is 34.7 Å². The molecule has 0 radical (unpaired) electrons. The van der Waals surface area contributed by atoms with Gasteiger partial charge in [0.1, 0.15) is 0 Å². The molecule has 1 saturated heterocycles. The first kappa shape index (κ1) is 14.9. The molecule has 1 unspecified atom stereocenters. The molecule has 1 fully saturated rings. The van der Waals surface area contributed by atoms with E-state index in [0.717, 1.165) is 6.04 Å². The lowest BCUT2D eigenvalue weighted by atomic mass is 9.82. The van der Waals surface area contributed by atoms with Gasteiger partial charge in [-0.15, -0.1) is 0 Å². The number of carboxylic acids is 2. The smallest absolute Gasteiger partial charge is 0.414 e. The molecule has 94 valence electrons. The molecule has 1 aliphatic heterocycles. The molecular formula is C11H21NO4. The van der Waals surface area contributed by atoms with Crippen molar-refractivity contribution in [1.82, 2.24) is 5.32 Å². The average Bonchev–Trinajstić information content (AvgIpc) is 2.18. The Morgan fingerprint density at radius 1 is 1.12 bits per heavy atom. The zero-order valence-corrected chi connectivity index (χ0v) is 10.1. The summed E-state index contributed by atoms with van der Waals surface area (Å²) < 4.78 is 0. The normalized spacial score (nSPS) is 20.6. The number of hydrogen-bond acceptors (Lipinski definition) is 3. The second-order valence-electron chi connectivity index (χ2n) is 4.98. The minimum Gasteiger partial charge on any atom is -0.473 e. The molecule has 16 heavy (non-hydrogen) atoms. The predicted molar refractivity (Wildman–Crippen MR) is 60.4 cm³/mol. The zero-order chi connectivity index (χ0) is 12.8. The van der Waals surface area contributed by atoms with Crippen LogP contribution in [0, 0.1) is 5.41 Å². The average molecular weight is 231 g/mol. The quantitative estimate of drug-likeness (QED) is 0.547. The van der Waals surface area contributed by atoms with Crippen LogP contribution in [0.1, 0.15) is 40.0 Å². The molecule has 1 aliphatic rings. The molecule has 1 heterocycles. The van der Waals surface area contributed by atoms with Crippen LogP contribution in [0.3, 0.4) is 0 Å². The molecule has 0 spiro atoms. The van der Waals surface area contributed by atoms with Gasteiger partial charge in [0.05, 0.1) is 0 Å². The van der Waals surface area contributed by atoms with Crippen molar-refractivity contribution in [2.45, 2.75) is 46.1 Å². The van der Waals surface area contributed by atoms with Crippen molar-refractivity contribution in [3.8, 4) is 0 Å². The summed E-state index contributed by atoms with van der Waals surface area (Å²) in [5, 5.41) is 18.3. The standard InChI is InChI=1S/C9H19N.C2H2O4/c1-9(2,3)8-6-4-5-7-10-8;3-1(4)2(5)6/h8,10H,4-7H2,1-3H3;(H,3,4)(H,5,6). The van der Waals surface area contributed by atoms with Gasteiger partial charge in [-0.05, 0) is 24.8 Å². The van der Waals surface area contributed by atoms with Gasteiger partial charge >= 0.3 is 11.9 Å². The molecular weight excluding hydrogens is 210 g/mol. The molecule has 0 bridgehead atoms. The minimum absolute atomic E-state index is 0.459. The fourth-order valence-corrected chi connectivity index (χ4v) is 1.59. The van der Waals surface area contributed by atoms with Crippen LogP contribution in [0.25, 0.3) is 0 Å². The van der Waals surface area contributed by atoms with Crippen molar-refractivity contribution in [1.29, 1.82) is 0 Å². The summed E-state index contributed by atoms with van der Waals surface area (Å²) >= 11 is 0. The van der Waals surface area contributed by atoms with Gasteiger partial charge in [-0.1, -0.05) is 27.2 Å². The van der Waals surface area contributed by atoms with E-state index < -0.39 is 11.9 Å². The lowest BCUT2D eigenvalue weighted by Gasteiger charge is -2.34. The molecule has 0 aromatic carbocycles. The summed E-state index contributed by atoms with van der Waals surface area (Å²) in [5.74, 6) is -3.65. The van der Waals surface area contributed by atoms with Crippen molar-refractivity contribution < 1.29 is 19.8 Å². The Morgan fingerprint density at radius 3 is 1.81 bits per heavy atom. The first-order valence-electron chi connectivity index (χ1n) is 5.44. The van der Waals surface area contributed by atoms with E-state index in [1.807, 2.05) is 0 Å². The first-order valence-corrected chi connectivity index (χ1v) is 5.44. The van der Waals surface area contributed by atoms with E-state index in [4.69, 9.17) is 19.8 Å². The van der Waals surface area contributed by atoms with Gasteiger partial charge in [0.25, 0.3) is 0 Å². The summed E-state index contributed by atoms with van der Waals surface area (Å²) in [5.41, 5.74) is 0.459. The van der Waals surface area contributed by atoms with E-state index >= 15 is 0 Å². The molecule has 0 aromatic rings. The summed E-state index contributed by atoms with van der Waals surface area (Å²) in [6.07, 6.45) is 4.14. The van der Waals surface area contributed by atoms with Gasteiger partial charge in [0.2, 0.25) is 0 Å². The fourth-order valence-electron chi connectivity index (χ4n) is 1.59. The van der Waals surface area contributed by atoms with Crippen LogP contribution >= 0.6 is 0 Å². The number of carboxylic acid groups (broad SMARTS) is 2. The molecule has 1 atom stereocenters. The van der Waals surface area contributed by atoms with E-state index in [1.165, 1.54) is 25.8 Å². The Bertz CT molecular complexity index is 227. The monoisotopic (exact) mass is 231 g/mol. The van der Waals surface area contributed by atoms with Crippen LogP contribution in [0.15, 0.2) is 0 Å². The van der Waals surface area contributed by atoms with E-state index in [1.54, 1.807) is 0 Å². The largest absolute Gasteiger partial charge is 0.473 e. The highest BCUT2D eigenvalue weighted by Crippen LogP contribution is 2.25. The SMILES string of the molecule is CC(C)(C)C1CCCCN1.O=C(O)C(=O)O. The topological polar surface area (TPSA) is 86.6 Å². The fraction of sp³-hybridized carbons (Fsp3) is 0.818. The van der Waals surface area contributed by atoms with Crippen LogP contribution < -0.4 is 5.32 Å². The second-order valence-corrected chi connectivity index (χ2v) is 4.98. The van der Waals surface area contributed by atoms with Crippen LogP contribution in [-0.2, 0) is 9.59 Å². The third-order valence-electron chi connectivity index (χ3n) is 2.54. The Hall–Kier alpha value is -1.10. The summed E-state index contributed by atoms with van der Waals surface area (Å²) in [6.45, 7) is 8.17. The number of rotatable bonds is 0. The summed E-state index contributed by atoms with van der Waals surface area (Å²) in [6, 6.07) is 0.751. The highest BCUT2D eigenvalue weighted by molar-refractivity contribution is 6.27. The highest BCUT2D eigenvalue weighted by atomic mass is 16.4. The van der Waals surface area contributed by atoms with Gasteiger partial charge < -0.3 is 15.5 Å². The van der Waals surface area contributed by atoms with E-state index in [-0.39, 0.29) is 0 Å². The van der Waals surface area contributed by atoms with Crippen molar-refractivity contribution in [2.24, 2.45) is 5.41 Å². The van der Waals surface area contributed by atoms with Gasteiger partial charge in [-0.25, -0.2) is 9.59 Å². The molecule has 3 N–H and O–H groups in total. The third-order valence-corrected chi connectivity index (χ3v) is 2.54. The Labute approximate surface area is 95.9 Å². The number of hydrogen-bond donors (Lipinski definition) is 3. The molecule has 0 aromatic heterocycles. The molecule has 5 nitrogen and oxygen atoms in total. The Balaban J connectivity index is 0.000000325. The van der Waals surface area contributed by atoms with Crippen LogP contribution in [0.4, 0.5) is 0 Å². The van der Waals surface area contributed by atoms with Crippen molar-refractivity contribution in [3.05, 3.63) is 0 Å². The molecule has 5 heteroatoms. The first-order chi connectivity index (χ1) is 7.25. The number of carbonyl (C=O) groups is 2. The Kier molecular flexibility index (Phi) is 6.03. The van der Waals surface area contributed by atoms with Gasteiger partial charge in [-0.2, -0.15) is 0 Å². The van der Waals surface area contributed by atoms with Gasteiger partial charge in [-0.3, -0.25) is 0 Å². The lowest BCUT2D eigenvalue weighted by Crippen LogP contribution is -2.43. The van der Waals surface area contributed by atoms with E-state index in [2.05, 4.69) is 26.1 Å². The maximum absolute atomic E-state index is 9.10. The molecule has 1 rings (SSSR count). The van der Waals surface area contributed by atoms with Crippen LogP contribution in [0.2, 0.25) is 0 Å². The highest BCUT2D eigenvalue weighted by Gasteiger charge is 2.25. The maximum Gasteiger partial charge on any atom is 0.414 e. The van der Waals surface area contributed by atoms with E-state index in [9.17, 15) is 0 Å². The summed E-state index contributed by atoms with van der Waals surface area (Å²) in [7, 11) is 0. The van der Waals surface area contributed by atoms with E-state index in [0.29, 0.717) is 5.41 Å². The molecule has 0 saturated carbocycles.